The second kappa shape index (κ2) is 11.2. The monoisotopic (exact) mass is 375 g/mol. The topological polar surface area (TPSA) is 93.8 Å². The van der Waals surface area contributed by atoms with Gasteiger partial charge in [-0.15, -0.1) is 0 Å². The summed E-state index contributed by atoms with van der Waals surface area (Å²) < 4.78 is 16.0. The zero-order valence-electron chi connectivity index (χ0n) is 16.5. The van der Waals surface area contributed by atoms with Crippen molar-refractivity contribution >= 4 is 5.96 Å². The molecule has 8 nitrogen and oxygen atoms in total. The molecule has 0 spiro atoms. The Labute approximate surface area is 160 Å². The predicted molar refractivity (Wildman–Crippen MR) is 104 cm³/mol. The summed E-state index contributed by atoms with van der Waals surface area (Å²) in [5.74, 6) is 2.37. The molecule has 2 rings (SSSR count). The fourth-order valence-corrected chi connectivity index (χ4v) is 2.26. The number of guanidine groups is 1. The van der Waals surface area contributed by atoms with Crippen molar-refractivity contribution in [2.24, 2.45) is 4.99 Å². The molecule has 2 N–H and O–H groups in total. The van der Waals surface area contributed by atoms with Crippen molar-refractivity contribution in [1.29, 1.82) is 0 Å². The summed E-state index contributed by atoms with van der Waals surface area (Å²) in [5, 5.41) is 10.5. The van der Waals surface area contributed by atoms with Crippen LogP contribution in [0.1, 0.15) is 43.7 Å². The Morgan fingerprint density at radius 3 is 2.85 bits per heavy atom. The minimum atomic E-state index is 0.339. The predicted octanol–water partition coefficient (Wildman–Crippen LogP) is 2.47. The number of aliphatic imine (C=N–C) groups is 1. The van der Waals surface area contributed by atoms with Gasteiger partial charge < -0.3 is 24.6 Å². The van der Waals surface area contributed by atoms with Crippen LogP contribution in [-0.4, -0.2) is 43.0 Å². The highest BCUT2D eigenvalue weighted by atomic mass is 16.5. The lowest BCUT2D eigenvalue weighted by atomic mass is 10.1. The van der Waals surface area contributed by atoms with Crippen molar-refractivity contribution in [3.63, 3.8) is 0 Å². The van der Waals surface area contributed by atoms with Crippen LogP contribution in [0, 0.1) is 0 Å². The minimum absolute atomic E-state index is 0.339. The summed E-state index contributed by atoms with van der Waals surface area (Å²) >= 11 is 0. The molecular formula is C19H29N5O3. The van der Waals surface area contributed by atoms with Crippen LogP contribution in [0.4, 0.5) is 0 Å². The van der Waals surface area contributed by atoms with Crippen LogP contribution in [0.5, 0.6) is 5.88 Å². The molecular weight excluding hydrogens is 346 g/mol. The van der Waals surface area contributed by atoms with E-state index in [-0.39, 0.29) is 0 Å². The number of nitrogens with one attached hydrogen (secondary N) is 2. The molecule has 8 heteroatoms. The van der Waals surface area contributed by atoms with Crippen molar-refractivity contribution in [3.05, 3.63) is 41.4 Å². The Morgan fingerprint density at radius 2 is 2.15 bits per heavy atom. The third-order valence-electron chi connectivity index (χ3n) is 3.73. The number of aromatic nitrogens is 2. The first-order valence-corrected chi connectivity index (χ1v) is 9.17. The van der Waals surface area contributed by atoms with Crippen LogP contribution < -0.4 is 15.4 Å². The van der Waals surface area contributed by atoms with Gasteiger partial charge in [-0.25, -0.2) is 9.98 Å². The molecule has 0 aromatic carbocycles. The van der Waals surface area contributed by atoms with Crippen LogP contribution in [-0.2, 0) is 17.8 Å². The van der Waals surface area contributed by atoms with Gasteiger partial charge in [-0.2, -0.15) is 0 Å². The average molecular weight is 375 g/mol. The highest BCUT2D eigenvalue weighted by Gasteiger charge is 2.09. The highest BCUT2D eigenvalue weighted by Crippen LogP contribution is 2.16. The number of pyridine rings is 1. The standard InChI is InChI=1S/C19H29N5O3/c1-5-20-19(23-13-16-11-17(14(2)3)24-27-16)22-12-15-7-6-8-21-18(15)26-10-9-25-4/h6-8,11,14H,5,9-10,12-13H2,1-4H3,(H2,20,22,23). The van der Waals surface area contributed by atoms with Gasteiger partial charge in [0.2, 0.25) is 5.88 Å². The van der Waals surface area contributed by atoms with Crippen molar-refractivity contribution in [2.45, 2.75) is 39.8 Å². The number of rotatable bonds is 10. The number of nitrogens with zero attached hydrogens (tertiary/aromatic N) is 3. The van der Waals surface area contributed by atoms with Crippen LogP contribution >= 0.6 is 0 Å². The molecule has 0 aliphatic rings. The van der Waals surface area contributed by atoms with Crippen molar-refractivity contribution in [2.75, 3.05) is 26.9 Å². The van der Waals surface area contributed by atoms with Gasteiger partial charge in [-0.05, 0) is 18.9 Å². The van der Waals surface area contributed by atoms with E-state index in [4.69, 9.17) is 14.0 Å². The Morgan fingerprint density at radius 1 is 1.30 bits per heavy atom. The van der Waals surface area contributed by atoms with Crippen molar-refractivity contribution in [1.82, 2.24) is 20.8 Å². The SMILES string of the molecule is CCNC(=NCc1cccnc1OCCOC)NCc1cc(C(C)C)no1. The van der Waals surface area contributed by atoms with Crippen LogP contribution in [0.25, 0.3) is 0 Å². The zero-order valence-corrected chi connectivity index (χ0v) is 16.5. The maximum atomic E-state index is 5.65. The number of hydrogen-bond acceptors (Lipinski definition) is 6. The molecule has 0 unspecified atom stereocenters. The maximum absolute atomic E-state index is 5.65. The lowest BCUT2D eigenvalue weighted by Gasteiger charge is -2.11. The molecule has 0 fully saturated rings. The molecule has 0 aliphatic carbocycles. The number of methoxy groups -OCH3 is 1. The minimum Gasteiger partial charge on any atom is -0.475 e. The van der Waals surface area contributed by atoms with Gasteiger partial charge >= 0.3 is 0 Å². The van der Waals surface area contributed by atoms with Gasteiger partial charge in [-0.3, -0.25) is 0 Å². The first-order valence-electron chi connectivity index (χ1n) is 9.17. The third kappa shape index (κ3) is 6.90. The number of ether oxygens (including phenoxy) is 2. The van der Waals surface area contributed by atoms with Crippen LogP contribution in [0.15, 0.2) is 33.9 Å². The van der Waals surface area contributed by atoms with Gasteiger partial charge in [0.05, 0.1) is 25.4 Å². The lowest BCUT2D eigenvalue weighted by molar-refractivity contribution is 0.143. The van der Waals surface area contributed by atoms with Gasteiger partial charge in [0.25, 0.3) is 0 Å². The summed E-state index contributed by atoms with van der Waals surface area (Å²) in [6.45, 7) is 8.86. The van der Waals surface area contributed by atoms with E-state index in [1.807, 2.05) is 25.1 Å². The number of hydrogen-bond donors (Lipinski definition) is 2. The normalized spacial score (nSPS) is 11.7. The Kier molecular flexibility index (Phi) is 8.57. The summed E-state index contributed by atoms with van der Waals surface area (Å²) in [5.41, 5.74) is 1.86. The Bertz CT molecular complexity index is 715. The molecule has 148 valence electrons. The quantitative estimate of drug-likeness (QED) is 0.374. The summed E-state index contributed by atoms with van der Waals surface area (Å²) in [7, 11) is 1.64. The summed E-state index contributed by atoms with van der Waals surface area (Å²) in [4.78, 5) is 8.89. The van der Waals surface area contributed by atoms with Crippen LogP contribution in [0.3, 0.4) is 0 Å². The first-order chi connectivity index (χ1) is 13.1. The Hall–Kier alpha value is -2.61. The average Bonchev–Trinajstić information content (AvgIpc) is 3.14. The largest absolute Gasteiger partial charge is 0.475 e. The van der Waals surface area contributed by atoms with E-state index in [0.29, 0.717) is 44.1 Å². The maximum Gasteiger partial charge on any atom is 0.218 e. The molecule has 0 radical (unpaired) electrons. The van der Waals surface area contributed by atoms with E-state index in [1.54, 1.807) is 13.3 Å². The molecule has 2 heterocycles. The molecule has 2 aromatic rings. The molecule has 0 saturated carbocycles. The summed E-state index contributed by atoms with van der Waals surface area (Å²) in [6.07, 6.45) is 1.70. The molecule has 0 saturated heterocycles. The molecule has 0 amide bonds. The van der Waals surface area contributed by atoms with E-state index in [2.05, 4.69) is 39.6 Å². The van der Waals surface area contributed by atoms with Gasteiger partial charge in [-0.1, -0.05) is 25.1 Å². The fourth-order valence-electron chi connectivity index (χ4n) is 2.26. The second-order valence-electron chi connectivity index (χ2n) is 6.23. The fraction of sp³-hybridized carbons (Fsp3) is 0.526. The van der Waals surface area contributed by atoms with E-state index in [1.165, 1.54) is 0 Å². The van der Waals surface area contributed by atoms with Crippen LogP contribution in [0.2, 0.25) is 0 Å². The first kappa shape index (κ1) is 20.7. The zero-order chi connectivity index (χ0) is 19.5. The van der Waals surface area contributed by atoms with E-state index in [9.17, 15) is 0 Å². The van der Waals surface area contributed by atoms with E-state index < -0.39 is 0 Å². The Balaban J connectivity index is 1.98. The van der Waals surface area contributed by atoms with Crippen molar-refractivity contribution < 1.29 is 14.0 Å². The molecule has 0 bridgehead atoms. The van der Waals surface area contributed by atoms with Crippen molar-refractivity contribution in [3.8, 4) is 5.88 Å². The molecule has 27 heavy (non-hydrogen) atoms. The lowest BCUT2D eigenvalue weighted by Crippen LogP contribution is -2.36. The van der Waals surface area contributed by atoms with Gasteiger partial charge in [0.1, 0.15) is 6.61 Å². The van der Waals surface area contributed by atoms with Gasteiger partial charge in [0, 0.05) is 31.5 Å². The molecule has 2 aromatic heterocycles. The summed E-state index contributed by atoms with van der Waals surface area (Å²) in [6, 6.07) is 5.79. The van der Waals surface area contributed by atoms with Gasteiger partial charge in [0.15, 0.2) is 11.7 Å². The van der Waals surface area contributed by atoms with E-state index in [0.717, 1.165) is 23.6 Å². The molecule has 0 aliphatic heterocycles. The third-order valence-corrected chi connectivity index (χ3v) is 3.73. The highest BCUT2D eigenvalue weighted by molar-refractivity contribution is 5.79. The second-order valence-corrected chi connectivity index (χ2v) is 6.23. The van der Waals surface area contributed by atoms with E-state index >= 15 is 0 Å². The molecule has 0 atom stereocenters. The smallest absolute Gasteiger partial charge is 0.218 e.